The molecule has 1 atom stereocenters. The maximum absolute atomic E-state index is 4.83. The van der Waals surface area contributed by atoms with Crippen LogP contribution in [0.1, 0.15) is 95.9 Å². The highest BCUT2D eigenvalue weighted by Gasteiger charge is 2.15. The highest BCUT2D eigenvalue weighted by molar-refractivity contribution is 5.11. The third-order valence-corrected chi connectivity index (χ3v) is 4.46. The molecule has 4 heteroatoms. The summed E-state index contributed by atoms with van der Waals surface area (Å²) in [5.41, 5.74) is 2.39. The van der Waals surface area contributed by atoms with Crippen LogP contribution in [0.2, 0.25) is 0 Å². The Morgan fingerprint density at radius 2 is 1.61 bits per heavy atom. The Labute approximate surface area is 141 Å². The molecule has 2 aromatic heterocycles. The third-order valence-electron chi connectivity index (χ3n) is 4.46. The van der Waals surface area contributed by atoms with Crippen molar-refractivity contribution in [3.05, 3.63) is 35.9 Å². The summed E-state index contributed by atoms with van der Waals surface area (Å²) in [5.74, 6) is 2.60. The van der Waals surface area contributed by atoms with Crippen LogP contribution >= 0.6 is 0 Å². The highest BCUT2D eigenvalue weighted by Crippen LogP contribution is 2.23. The van der Waals surface area contributed by atoms with Gasteiger partial charge in [0.05, 0.1) is 17.7 Å². The predicted molar refractivity (Wildman–Crippen MR) is 96.0 cm³/mol. The molecule has 1 unspecified atom stereocenters. The van der Waals surface area contributed by atoms with Crippen molar-refractivity contribution in [3.63, 3.8) is 0 Å². The lowest BCUT2D eigenvalue weighted by Crippen LogP contribution is -2.07. The number of nitrogens with zero attached hydrogens (tertiary/aromatic N) is 4. The molecule has 128 valence electrons. The number of imidazole rings is 2. The topological polar surface area (TPSA) is 35.6 Å². The Morgan fingerprint density at radius 1 is 0.913 bits per heavy atom. The molecule has 0 fully saturated rings. The average molecular weight is 316 g/mol. The average Bonchev–Trinajstić information content (AvgIpc) is 3.11. The van der Waals surface area contributed by atoms with E-state index in [0.717, 1.165) is 13.0 Å². The lowest BCUT2D eigenvalue weighted by atomic mass is 10.0. The van der Waals surface area contributed by atoms with Crippen LogP contribution in [0.3, 0.4) is 0 Å². The molecule has 0 N–H and O–H groups in total. The van der Waals surface area contributed by atoms with Gasteiger partial charge in [-0.3, -0.25) is 0 Å². The van der Waals surface area contributed by atoms with Gasteiger partial charge in [-0.05, 0) is 26.2 Å². The van der Waals surface area contributed by atoms with Crippen LogP contribution in [0.25, 0.3) is 0 Å². The van der Waals surface area contributed by atoms with Gasteiger partial charge in [-0.1, -0.05) is 34.6 Å². The number of aryl methyl sites for hydroxylation is 1. The van der Waals surface area contributed by atoms with Crippen LogP contribution in [0, 0.1) is 0 Å². The van der Waals surface area contributed by atoms with Gasteiger partial charge in [-0.2, -0.15) is 0 Å². The maximum atomic E-state index is 4.83. The van der Waals surface area contributed by atoms with Crippen molar-refractivity contribution in [1.29, 1.82) is 0 Å². The Hall–Kier alpha value is -1.58. The fraction of sp³-hybridized carbons (Fsp3) is 0.684. The fourth-order valence-corrected chi connectivity index (χ4v) is 2.74. The molecule has 0 bridgehead atoms. The predicted octanol–water partition coefficient (Wildman–Crippen LogP) is 5.10. The van der Waals surface area contributed by atoms with Crippen LogP contribution in [0.4, 0.5) is 0 Å². The molecule has 0 radical (unpaired) electrons. The minimum Gasteiger partial charge on any atom is -0.335 e. The molecular formula is C19H32N4. The second-order valence-electron chi connectivity index (χ2n) is 7.56. The van der Waals surface area contributed by atoms with Gasteiger partial charge in [0, 0.05) is 36.8 Å². The molecule has 0 spiro atoms. The SMILES string of the molecule is CC(C)c1cn(CCC(C)c2cn(C(C)C)cn2)c(C(C)C)n1. The van der Waals surface area contributed by atoms with Gasteiger partial charge < -0.3 is 9.13 Å². The summed E-state index contributed by atoms with van der Waals surface area (Å²) in [4.78, 5) is 9.41. The molecule has 2 aromatic rings. The van der Waals surface area contributed by atoms with Crippen molar-refractivity contribution in [3.8, 4) is 0 Å². The summed E-state index contributed by atoms with van der Waals surface area (Å²) < 4.78 is 4.52. The zero-order valence-electron chi connectivity index (χ0n) is 15.7. The van der Waals surface area contributed by atoms with E-state index in [-0.39, 0.29) is 0 Å². The van der Waals surface area contributed by atoms with Crippen LogP contribution in [-0.2, 0) is 6.54 Å². The van der Waals surface area contributed by atoms with E-state index in [1.54, 1.807) is 0 Å². The Bertz CT molecular complexity index is 619. The zero-order chi connectivity index (χ0) is 17.1. The molecule has 2 rings (SSSR count). The lowest BCUT2D eigenvalue weighted by Gasteiger charge is -2.13. The van der Waals surface area contributed by atoms with Crippen LogP contribution in [0.15, 0.2) is 18.7 Å². The molecule has 0 aliphatic rings. The summed E-state index contributed by atoms with van der Waals surface area (Å²) in [6, 6.07) is 0.471. The third kappa shape index (κ3) is 4.24. The van der Waals surface area contributed by atoms with Gasteiger partial charge in [-0.25, -0.2) is 9.97 Å². The monoisotopic (exact) mass is 316 g/mol. The largest absolute Gasteiger partial charge is 0.335 e. The fourth-order valence-electron chi connectivity index (χ4n) is 2.74. The van der Waals surface area contributed by atoms with E-state index in [1.807, 2.05) is 6.33 Å². The second kappa shape index (κ2) is 7.33. The molecule has 0 saturated carbocycles. The van der Waals surface area contributed by atoms with E-state index in [1.165, 1.54) is 17.2 Å². The van der Waals surface area contributed by atoms with Crippen molar-refractivity contribution in [1.82, 2.24) is 19.1 Å². The van der Waals surface area contributed by atoms with Crippen molar-refractivity contribution in [2.45, 2.75) is 85.2 Å². The first kappa shape index (κ1) is 17.8. The number of aromatic nitrogens is 4. The molecule has 23 heavy (non-hydrogen) atoms. The van der Waals surface area contributed by atoms with E-state index < -0.39 is 0 Å². The quantitative estimate of drug-likeness (QED) is 0.712. The molecular weight excluding hydrogens is 284 g/mol. The second-order valence-corrected chi connectivity index (χ2v) is 7.56. The summed E-state index contributed by atoms with van der Waals surface area (Å²) in [5, 5.41) is 0. The van der Waals surface area contributed by atoms with Gasteiger partial charge in [-0.15, -0.1) is 0 Å². The summed E-state index contributed by atoms with van der Waals surface area (Å²) in [6.45, 7) is 16.5. The first-order chi connectivity index (χ1) is 10.8. The number of rotatable bonds is 7. The molecule has 0 aliphatic carbocycles. The van der Waals surface area contributed by atoms with Gasteiger partial charge in [0.2, 0.25) is 0 Å². The molecule has 0 aromatic carbocycles. The smallest absolute Gasteiger partial charge is 0.111 e. The minimum atomic E-state index is 0.456. The molecule has 0 aliphatic heterocycles. The summed E-state index contributed by atoms with van der Waals surface area (Å²) >= 11 is 0. The molecule has 0 saturated heterocycles. The number of hydrogen-bond donors (Lipinski definition) is 0. The van der Waals surface area contributed by atoms with Crippen molar-refractivity contribution < 1.29 is 0 Å². The van der Waals surface area contributed by atoms with Crippen LogP contribution in [-0.4, -0.2) is 19.1 Å². The molecule has 2 heterocycles. The van der Waals surface area contributed by atoms with Crippen molar-refractivity contribution >= 4 is 0 Å². The zero-order valence-corrected chi connectivity index (χ0v) is 15.7. The van der Waals surface area contributed by atoms with Gasteiger partial charge >= 0.3 is 0 Å². The van der Waals surface area contributed by atoms with Crippen LogP contribution in [0.5, 0.6) is 0 Å². The summed E-state index contributed by atoms with van der Waals surface area (Å²) in [7, 11) is 0. The normalized spacial score (nSPS) is 13.5. The van der Waals surface area contributed by atoms with Gasteiger partial charge in [0.15, 0.2) is 0 Å². The van der Waals surface area contributed by atoms with E-state index in [0.29, 0.717) is 23.8 Å². The first-order valence-electron chi connectivity index (χ1n) is 8.89. The lowest BCUT2D eigenvalue weighted by molar-refractivity contribution is 0.539. The minimum absolute atomic E-state index is 0.456. The van der Waals surface area contributed by atoms with E-state index in [4.69, 9.17) is 4.98 Å². The highest BCUT2D eigenvalue weighted by atomic mass is 15.1. The molecule has 0 amide bonds. The Kier molecular flexibility index (Phi) is 5.66. The Balaban J connectivity index is 2.07. The van der Waals surface area contributed by atoms with Crippen LogP contribution < -0.4 is 0 Å². The summed E-state index contributed by atoms with van der Waals surface area (Å²) in [6.07, 6.45) is 7.46. The van der Waals surface area contributed by atoms with Crippen molar-refractivity contribution in [2.75, 3.05) is 0 Å². The standard InChI is InChI=1S/C19H32N4/c1-13(2)17-10-22(19(21-17)14(3)4)9-8-16(7)18-11-23(12-20-18)15(5)6/h10-16H,8-9H2,1-7H3. The van der Waals surface area contributed by atoms with E-state index in [2.05, 4.69) is 75.0 Å². The van der Waals surface area contributed by atoms with E-state index >= 15 is 0 Å². The molecule has 4 nitrogen and oxygen atoms in total. The Morgan fingerprint density at radius 3 is 2.13 bits per heavy atom. The van der Waals surface area contributed by atoms with Gasteiger partial charge in [0.1, 0.15) is 5.82 Å². The van der Waals surface area contributed by atoms with E-state index in [9.17, 15) is 0 Å². The first-order valence-corrected chi connectivity index (χ1v) is 8.89. The number of hydrogen-bond acceptors (Lipinski definition) is 2. The van der Waals surface area contributed by atoms with Crippen molar-refractivity contribution in [2.24, 2.45) is 0 Å². The van der Waals surface area contributed by atoms with Gasteiger partial charge in [0.25, 0.3) is 0 Å². The maximum Gasteiger partial charge on any atom is 0.111 e.